The second-order valence-electron chi connectivity index (χ2n) is 7.98. The van der Waals surface area contributed by atoms with E-state index in [2.05, 4.69) is 5.32 Å². The van der Waals surface area contributed by atoms with Gasteiger partial charge in [0.05, 0.1) is 7.11 Å². The van der Waals surface area contributed by atoms with Gasteiger partial charge < -0.3 is 15.0 Å². The summed E-state index contributed by atoms with van der Waals surface area (Å²) in [6, 6.07) is 14.4. The Morgan fingerprint density at radius 3 is 2.32 bits per heavy atom. The van der Waals surface area contributed by atoms with E-state index in [1.165, 1.54) is 0 Å². The van der Waals surface area contributed by atoms with Crippen molar-refractivity contribution in [2.45, 2.75) is 39.3 Å². The minimum atomic E-state index is -1.23. The van der Waals surface area contributed by atoms with Gasteiger partial charge in [-0.15, -0.1) is 0 Å². The SMILES string of the molecule is CCCN(Cc1ccc(C)cc1)C(=O)CN1C(=O)N[C@@](C)(c2ccc(OC)cc2)C1=O. The molecule has 0 aliphatic carbocycles. The minimum Gasteiger partial charge on any atom is -0.497 e. The molecule has 1 heterocycles. The van der Waals surface area contributed by atoms with Crippen LogP contribution in [0, 0.1) is 6.92 Å². The quantitative estimate of drug-likeness (QED) is 0.662. The summed E-state index contributed by atoms with van der Waals surface area (Å²) in [5, 5.41) is 2.74. The molecule has 4 amide bonds. The Labute approximate surface area is 183 Å². The zero-order valence-corrected chi connectivity index (χ0v) is 18.5. The summed E-state index contributed by atoms with van der Waals surface area (Å²) in [5.41, 5.74) is 1.56. The van der Waals surface area contributed by atoms with Crippen LogP contribution in [0.25, 0.3) is 0 Å². The Morgan fingerprint density at radius 1 is 1.10 bits per heavy atom. The fraction of sp³-hybridized carbons (Fsp3) is 0.375. The molecule has 1 atom stereocenters. The highest BCUT2D eigenvalue weighted by atomic mass is 16.5. The molecule has 7 heteroatoms. The van der Waals surface area contributed by atoms with Gasteiger partial charge in [-0.1, -0.05) is 48.9 Å². The summed E-state index contributed by atoms with van der Waals surface area (Å²) >= 11 is 0. The van der Waals surface area contributed by atoms with Crippen molar-refractivity contribution in [1.82, 2.24) is 15.1 Å². The summed E-state index contributed by atoms with van der Waals surface area (Å²) in [7, 11) is 1.56. The van der Waals surface area contributed by atoms with Gasteiger partial charge in [0.25, 0.3) is 5.91 Å². The molecule has 1 aliphatic rings. The van der Waals surface area contributed by atoms with Crippen molar-refractivity contribution in [2.24, 2.45) is 0 Å². The van der Waals surface area contributed by atoms with E-state index in [1.54, 1.807) is 43.2 Å². The van der Waals surface area contributed by atoms with Crippen LogP contribution in [0.15, 0.2) is 48.5 Å². The molecule has 0 spiro atoms. The average Bonchev–Trinajstić information content (AvgIpc) is 2.98. The lowest BCUT2D eigenvalue weighted by molar-refractivity contribution is -0.139. The van der Waals surface area contributed by atoms with Gasteiger partial charge in [0, 0.05) is 13.1 Å². The lowest BCUT2D eigenvalue weighted by atomic mass is 9.92. The van der Waals surface area contributed by atoms with E-state index in [0.29, 0.717) is 24.4 Å². The fourth-order valence-electron chi connectivity index (χ4n) is 3.67. The largest absolute Gasteiger partial charge is 0.497 e. The van der Waals surface area contributed by atoms with Crippen molar-refractivity contribution < 1.29 is 19.1 Å². The Hall–Kier alpha value is -3.35. The number of rotatable bonds is 8. The second kappa shape index (κ2) is 9.20. The first-order valence-electron chi connectivity index (χ1n) is 10.4. The van der Waals surface area contributed by atoms with Gasteiger partial charge in [0.2, 0.25) is 5.91 Å². The molecule has 0 saturated carbocycles. The average molecular weight is 424 g/mol. The number of nitrogens with one attached hydrogen (secondary N) is 1. The molecular formula is C24H29N3O4. The number of carbonyl (C=O) groups excluding carboxylic acids is 3. The monoisotopic (exact) mass is 423 g/mol. The van der Waals surface area contributed by atoms with E-state index in [9.17, 15) is 14.4 Å². The minimum absolute atomic E-state index is 0.259. The van der Waals surface area contributed by atoms with Crippen LogP contribution < -0.4 is 10.1 Å². The number of carbonyl (C=O) groups is 3. The molecule has 1 aliphatic heterocycles. The predicted octanol–water partition coefficient (Wildman–Crippen LogP) is 3.21. The number of aryl methyl sites for hydroxylation is 1. The zero-order valence-electron chi connectivity index (χ0n) is 18.5. The molecule has 1 fully saturated rings. The Bertz CT molecular complexity index is 956. The van der Waals surface area contributed by atoms with E-state index in [0.717, 1.165) is 22.4 Å². The van der Waals surface area contributed by atoms with Gasteiger partial charge in [-0.25, -0.2) is 4.79 Å². The van der Waals surface area contributed by atoms with Crippen molar-refractivity contribution in [3.63, 3.8) is 0 Å². The third-order valence-corrected chi connectivity index (χ3v) is 5.58. The molecule has 0 aromatic heterocycles. The molecule has 3 rings (SSSR count). The number of hydrogen-bond donors (Lipinski definition) is 1. The third kappa shape index (κ3) is 4.71. The molecule has 1 saturated heterocycles. The first-order valence-corrected chi connectivity index (χ1v) is 10.4. The van der Waals surface area contributed by atoms with Crippen LogP contribution in [-0.2, 0) is 21.7 Å². The van der Waals surface area contributed by atoms with Crippen LogP contribution in [0.2, 0.25) is 0 Å². The fourth-order valence-corrected chi connectivity index (χ4v) is 3.67. The number of nitrogens with zero attached hydrogens (tertiary/aromatic N) is 2. The normalized spacial score (nSPS) is 18.1. The molecular weight excluding hydrogens is 394 g/mol. The van der Waals surface area contributed by atoms with Gasteiger partial charge in [-0.3, -0.25) is 14.5 Å². The van der Waals surface area contributed by atoms with Gasteiger partial charge in [-0.05, 0) is 43.5 Å². The Balaban J connectivity index is 1.75. The Kier molecular flexibility index (Phi) is 6.63. The molecule has 2 aromatic carbocycles. The maximum absolute atomic E-state index is 13.1. The topological polar surface area (TPSA) is 79.0 Å². The van der Waals surface area contributed by atoms with Gasteiger partial charge in [-0.2, -0.15) is 0 Å². The van der Waals surface area contributed by atoms with Crippen LogP contribution in [0.4, 0.5) is 4.79 Å². The number of imide groups is 1. The van der Waals surface area contributed by atoms with Gasteiger partial charge in [0.15, 0.2) is 0 Å². The number of amides is 4. The maximum atomic E-state index is 13.1. The molecule has 31 heavy (non-hydrogen) atoms. The highest BCUT2D eigenvalue weighted by molar-refractivity contribution is 6.09. The summed E-state index contributed by atoms with van der Waals surface area (Å²) < 4.78 is 5.16. The smallest absolute Gasteiger partial charge is 0.325 e. The summed E-state index contributed by atoms with van der Waals surface area (Å²) in [4.78, 5) is 41.5. The standard InChI is InChI=1S/C24H29N3O4/c1-5-14-26(15-18-8-6-17(2)7-9-18)21(28)16-27-22(29)24(3,25-23(27)30)19-10-12-20(31-4)13-11-19/h6-13H,5,14-16H2,1-4H3,(H,25,30)/t24-/m0/s1. The van der Waals surface area contributed by atoms with Gasteiger partial charge in [0.1, 0.15) is 17.8 Å². The van der Waals surface area contributed by atoms with Crippen LogP contribution in [0.5, 0.6) is 5.75 Å². The number of ether oxygens (including phenoxy) is 1. The first kappa shape index (κ1) is 22.3. The van der Waals surface area contributed by atoms with Crippen LogP contribution in [-0.4, -0.2) is 47.8 Å². The highest BCUT2D eigenvalue weighted by Crippen LogP contribution is 2.30. The highest BCUT2D eigenvalue weighted by Gasteiger charge is 2.49. The number of urea groups is 1. The third-order valence-electron chi connectivity index (χ3n) is 5.58. The summed E-state index contributed by atoms with van der Waals surface area (Å²) in [6.07, 6.45) is 0.779. The van der Waals surface area contributed by atoms with E-state index < -0.39 is 17.5 Å². The van der Waals surface area contributed by atoms with E-state index >= 15 is 0 Å². The lowest BCUT2D eigenvalue weighted by Crippen LogP contribution is -2.44. The van der Waals surface area contributed by atoms with Crippen LogP contribution in [0.3, 0.4) is 0 Å². The maximum Gasteiger partial charge on any atom is 0.325 e. The van der Waals surface area contributed by atoms with Crippen molar-refractivity contribution >= 4 is 17.8 Å². The van der Waals surface area contributed by atoms with E-state index in [-0.39, 0.29) is 12.5 Å². The molecule has 0 unspecified atom stereocenters. The number of benzene rings is 2. The summed E-state index contributed by atoms with van der Waals surface area (Å²) in [6.45, 7) is 6.34. The lowest BCUT2D eigenvalue weighted by Gasteiger charge is -2.25. The first-order chi connectivity index (χ1) is 14.8. The number of methoxy groups -OCH3 is 1. The second-order valence-corrected chi connectivity index (χ2v) is 7.98. The van der Waals surface area contributed by atoms with Crippen LogP contribution >= 0.6 is 0 Å². The zero-order chi connectivity index (χ0) is 22.6. The predicted molar refractivity (Wildman–Crippen MR) is 117 cm³/mol. The van der Waals surface area contributed by atoms with E-state index in [1.807, 2.05) is 38.1 Å². The van der Waals surface area contributed by atoms with E-state index in [4.69, 9.17) is 4.74 Å². The molecule has 7 nitrogen and oxygen atoms in total. The molecule has 0 radical (unpaired) electrons. The van der Waals surface area contributed by atoms with Crippen molar-refractivity contribution in [3.8, 4) is 5.75 Å². The number of hydrogen-bond acceptors (Lipinski definition) is 4. The molecule has 1 N–H and O–H groups in total. The molecule has 0 bridgehead atoms. The van der Waals surface area contributed by atoms with Crippen molar-refractivity contribution in [3.05, 3.63) is 65.2 Å². The Morgan fingerprint density at radius 2 is 1.74 bits per heavy atom. The molecule has 164 valence electrons. The summed E-state index contributed by atoms with van der Waals surface area (Å²) in [5.74, 6) is -0.0461. The van der Waals surface area contributed by atoms with Crippen molar-refractivity contribution in [1.29, 1.82) is 0 Å². The van der Waals surface area contributed by atoms with Crippen LogP contribution in [0.1, 0.15) is 37.0 Å². The van der Waals surface area contributed by atoms with Crippen molar-refractivity contribution in [2.75, 3.05) is 20.2 Å². The van der Waals surface area contributed by atoms with Gasteiger partial charge >= 0.3 is 6.03 Å². The molecule has 2 aromatic rings.